The van der Waals surface area contributed by atoms with Gasteiger partial charge in [0.25, 0.3) is 0 Å². The lowest BCUT2D eigenvalue weighted by Gasteiger charge is -2.31. The Morgan fingerprint density at radius 1 is 1.32 bits per heavy atom. The van der Waals surface area contributed by atoms with Crippen LogP contribution < -0.4 is 10.1 Å². The number of aryl methyl sites for hydroxylation is 1. The molecular formula is C18H28N2O2. The van der Waals surface area contributed by atoms with Crippen molar-refractivity contribution in [2.45, 2.75) is 45.1 Å². The van der Waals surface area contributed by atoms with Gasteiger partial charge in [-0.1, -0.05) is 12.1 Å². The average molecular weight is 304 g/mol. The second-order valence-electron chi connectivity index (χ2n) is 6.11. The van der Waals surface area contributed by atoms with E-state index < -0.39 is 0 Å². The number of nitrogens with zero attached hydrogens (tertiary/aromatic N) is 1. The number of hydrogen-bond donors (Lipinski definition) is 1. The molecule has 1 heterocycles. The molecule has 1 amide bonds. The standard InChI is InChI=1S/C18H28N2O2/c1-15-6-5-7-17(14-15)22-13-4-3-8-18(21)20(2)16-9-11-19-12-10-16/h5-7,14,16,19H,3-4,8-13H2,1-2H3. The molecule has 0 unspecified atom stereocenters. The van der Waals surface area contributed by atoms with Crippen LogP contribution in [0.3, 0.4) is 0 Å². The van der Waals surface area contributed by atoms with Crippen molar-refractivity contribution in [2.24, 2.45) is 0 Å². The van der Waals surface area contributed by atoms with Crippen LogP contribution in [-0.2, 0) is 4.79 Å². The Balaban J connectivity index is 1.60. The largest absolute Gasteiger partial charge is 0.494 e. The van der Waals surface area contributed by atoms with Crippen LogP contribution >= 0.6 is 0 Å². The highest BCUT2D eigenvalue weighted by Gasteiger charge is 2.21. The predicted molar refractivity (Wildman–Crippen MR) is 89.2 cm³/mol. The summed E-state index contributed by atoms with van der Waals surface area (Å²) in [5.74, 6) is 1.18. The van der Waals surface area contributed by atoms with Gasteiger partial charge in [0, 0.05) is 19.5 Å². The Kier molecular flexibility index (Phi) is 6.72. The number of unbranched alkanes of at least 4 members (excludes halogenated alkanes) is 1. The fraction of sp³-hybridized carbons (Fsp3) is 0.611. The van der Waals surface area contributed by atoms with Gasteiger partial charge < -0.3 is 15.0 Å². The maximum atomic E-state index is 12.2. The van der Waals surface area contributed by atoms with Gasteiger partial charge in [-0.15, -0.1) is 0 Å². The lowest BCUT2D eigenvalue weighted by atomic mass is 10.0. The fourth-order valence-corrected chi connectivity index (χ4v) is 2.85. The summed E-state index contributed by atoms with van der Waals surface area (Å²) in [6.45, 7) is 4.77. The van der Waals surface area contributed by atoms with Crippen LogP contribution in [0, 0.1) is 6.92 Å². The summed E-state index contributed by atoms with van der Waals surface area (Å²) < 4.78 is 5.71. The maximum Gasteiger partial charge on any atom is 0.222 e. The summed E-state index contributed by atoms with van der Waals surface area (Å²) in [5.41, 5.74) is 1.20. The van der Waals surface area contributed by atoms with Gasteiger partial charge in [-0.2, -0.15) is 0 Å². The molecule has 0 aliphatic carbocycles. The average Bonchev–Trinajstić information content (AvgIpc) is 2.54. The smallest absolute Gasteiger partial charge is 0.222 e. The first-order valence-electron chi connectivity index (χ1n) is 8.32. The molecule has 1 aliphatic heterocycles. The molecule has 1 saturated heterocycles. The number of carbonyl (C=O) groups excluding carboxylic acids is 1. The van der Waals surface area contributed by atoms with Gasteiger partial charge in [-0.3, -0.25) is 4.79 Å². The third kappa shape index (κ3) is 5.34. The van der Waals surface area contributed by atoms with Crippen molar-refractivity contribution in [3.8, 4) is 5.75 Å². The summed E-state index contributed by atoms with van der Waals surface area (Å²) in [4.78, 5) is 14.1. The van der Waals surface area contributed by atoms with Gasteiger partial charge in [0.15, 0.2) is 0 Å². The van der Waals surface area contributed by atoms with Crippen molar-refractivity contribution in [2.75, 3.05) is 26.7 Å². The molecule has 4 heteroatoms. The fourth-order valence-electron chi connectivity index (χ4n) is 2.85. The minimum absolute atomic E-state index is 0.266. The number of amides is 1. The summed E-state index contributed by atoms with van der Waals surface area (Å²) >= 11 is 0. The zero-order valence-corrected chi connectivity index (χ0v) is 13.8. The number of hydrogen-bond acceptors (Lipinski definition) is 3. The number of benzene rings is 1. The van der Waals surface area contributed by atoms with E-state index in [1.807, 2.05) is 30.1 Å². The molecule has 1 fully saturated rings. The number of rotatable bonds is 7. The molecule has 2 rings (SSSR count). The highest BCUT2D eigenvalue weighted by Crippen LogP contribution is 2.14. The minimum Gasteiger partial charge on any atom is -0.494 e. The Hall–Kier alpha value is -1.55. The van der Waals surface area contributed by atoms with E-state index in [0.29, 0.717) is 19.1 Å². The highest BCUT2D eigenvalue weighted by molar-refractivity contribution is 5.76. The molecule has 1 aromatic carbocycles. The van der Waals surface area contributed by atoms with Crippen molar-refractivity contribution >= 4 is 5.91 Å². The van der Waals surface area contributed by atoms with Gasteiger partial charge in [0.1, 0.15) is 5.75 Å². The number of carbonyl (C=O) groups is 1. The van der Waals surface area contributed by atoms with E-state index in [-0.39, 0.29) is 5.91 Å². The number of nitrogens with one attached hydrogen (secondary N) is 1. The lowest BCUT2D eigenvalue weighted by Crippen LogP contribution is -2.43. The number of ether oxygens (including phenoxy) is 1. The summed E-state index contributed by atoms with van der Waals surface area (Å²) in [7, 11) is 1.95. The van der Waals surface area contributed by atoms with Crippen LogP contribution in [0.1, 0.15) is 37.7 Å². The zero-order chi connectivity index (χ0) is 15.8. The van der Waals surface area contributed by atoms with E-state index >= 15 is 0 Å². The van der Waals surface area contributed by atoms with Crippen molar-refractivity contribution in [3.63, 3.8) is 0 Å². The monoisotopic (exact) mass is 304 g/mol. The molecule has 1 aliphatic rings. The molecule has 0 saturated carbocycles. The molecule has 22 heavy (non-hydrogen) atoms. The Labute approximate surface area is 133 Å². The molecule has 1 N–H and O–H groups in total. The van der Waals surface area contributed by atoms with Crippen molar-refractivity contribution in [1.82, 2.24) is 10.2 Å². The second kappa shape index (κ2) is 8.79. The SMILES string of the molecule is Cc1cccc(OCCCCC(=O)N(C)C2CCNCC2)c1. The highest BCUT2D eigenvalue weighted by atomic mass is 16.5. The van der Waals surface area contributed by atoms with Crippen LogP contribution in [0.5, 0.6) is 5.75 Å². The first-order valence-corrected chi connectivity index (χ1v) is 8.32. The van der Waals surface area contributed by atoms with Crippen LogP contribution in [0.25, 0.3) is 0 Å². The Morgan fingerprint density at radius 3 is 2.82 bits per heavy atom. The molecule has 4 nitrogen and oxygen atoms in total. The van der Waals surface area contributed by atoms with Crippen LogP contribution in [-0.4, -0.2) is 43.6 Å². The Bertz CT molecular complexity index is 470. The summed E-state index contributed by atoms with van der Waals surface area (Å²) in [5, 5.41) is 3.33. The van der Waals surface area contributed by atoms with Crippen LogP contribution in [0.2, 0.25) is 0 Å². The first-order chi connectivity index (χ1) is 10.7. The topological polar surface area (TPSA) is 41.6 Å². The zero-order valence-electron chi connectivity index (χ0n) is 13.8. The van der Waals surface area contributed by atoms with Crippen molar-refractivity contribution in [1.29, 1.82) is 0 Å². The normalized spacial score (nSPS) is 15.5. The predicted octanol–water partition coefficient (Wildman–Crippen LogP) is 2.75. The summed E-state index contributed by atoms with van der Waals surface area (Å²) in [6.07, 6.45) is 4.56. The molecule has 1 aromatic rings. The van der Waals surface area contributed by atoms with E-state index in [1.54, 1.807) is 0 Å². The van der Waals surface area contributed by atoms with Crippen molar-refractivity contribution < 1.29 is 9.53 Å². The van der Waals surface area contributed by atoms with Crippen LogP contribution in [0.4, 0.5) is 0 Å². The van der Waals surface area contributed by atoms with E-state index in [9.17, 15) is 4.79 Å². The molecule has 0 radical (unpaired) electrons. The lowest BCUT2D eigenvalue weighted by molar-refractivity contribution is -0.132. The van der Waals surface area contributed by atoms with Crippen LogP contribution in [0.15, 0.2) is 24.3 Å². The van der Waals surface area contributed by atoms with Gasteiger partial charge in [0.2, 0.25) is 5.91 Å². The van der Waals surface area contributed by atoms with E-state index in [2.05, 4.69) is 18.3 Å². The molecular weight excluding hydrogens is 276 g/mol. The molecule has 0 spiro atoms. The van der Waals surface area contributed by atoms with Crippen molar-refractivity contribution in [3.05, 3.63) is 29.8 Å². The molecule has 0 bridgehead atoms. The van der Waals surface area contributed by atoms with E-state index in [0.717, 1.165) is 44.5 Å². The van der Waals surface area contributed by atoms with Gasteiger partial charge >= 0.3 is 0 Å². The molecule has 0 aromatic heterocycles. The Morgan fingerprint density at radius 2 is 2.09 bits per heavy atom. The minimum atomic E-state index is 0.266. The van der Waals surface area contributed by atoms with Gasteiger partial charge in [-0.25, -0.2) is 0 Å². The summed E-state index contributed by atoms with van der Waals surface area (Å²) in [6, 6.07) is 8.49. The molecule has 122 valence electrons. The van der Waals surface area contributed by atoms with Gasteiger partial charge in [-0.05, 0) is 63.4 Å². The van der Waals surface area contributed by atoms with Gasteiger partial charge in [0.05, 0.1) is 6.61 Å². The van der Waals surface area contributed by atoms with E-state index in [1.165, 1.54) is 5.56 Å². The van der Waals surface area contributed by atoms with E-state index in [4.69, 9.17) is 4.74 Å². The quantitative estimate of drug-likeness (QED) is 0.788. The maximum absolute atomic E-state index is 12.2. The first kappa shape index (κ1) is 16.8. The second-order valence-corrected chi connectivity index (χ2v) is 6.11. The third-order valence-corrected chi connectivity index (χ3v) is 4.29. The third-order valence-electron chi connectivity index (χ3n) is 4.29. The molecule has 0 atom stereocenters. The number of piperidine rings is 1.